The van der Waals surface area contributed by atoms with E-state index in [1.165, 1.54) is 0 Å². The van der Waals surface area contributed by atoms with E-state index in [0.29, 0.717) is 0 Å². The molecule has 1 nitrogen and oxygen atoms in total. The Labute approximate surface area is 80.3 Å². The quantitative estimate of drug-likeness (QED) is 0.560. The van der Waals surface area contributed by atoms with Gasteiger partial charge in [0, 0.05) is 24.0 Å². The van der Waals surface area contributed by atoms with Crippen LogP contribution in [-0.2, 0) is 0 Å². The van der Waals surface area contributed by atoms with Gasteiger partial charge in [0.15, 0.2) is 0 Å². The van der Waals surface area contributed by atoms with Crippen molar-refractivity contribution in [3.63, 3.8) is 0 Å². The summed E-state index contributed by atoms with van der Waals surface area (Å²) in [4.78, 5) is 2.44. The molecule has 0 N–H and O–H groups in total. The fourth-order valence-corrected chi connectivity index (χ4v) is 2.34. The summed E-state index contributed by atoms with van der Waals surface area (Å²) in [5, 5.41) is 0. The number of hydrogen-bond acceptors (Lipinski definition) is 1. The van der Waals surface area contributed by atoms with Gasteiger partial charge in [-0.25, -0.2) is 4.39 Å². The Balaban J connectivity index is 2.04. The topological polar surface area (TPSA) is 3.24 Å². The summed E-state index contributed by atoms with van der Waals surface area (Å²) >= 11 is 0. The molecule has 1 saturated heterocycles. The molecule has 0 aromatic rings. The van der Waals surface area contributed by atoms with Crippen molar-refractivity contribution in [2.45, 2.75) is 51.7 Å². The van der Waals surface area contributed by atoms with E-state index in [9.17, 15) is 4.39 Å². The van der Waals surface area contributed by atoms with Crippen molar-refractivity contribution in [2.75, 3.05) is 13.1 Å². The molecule has 13 heavy (non-hydrogen) atoms. The minimum absolute atomic E-state index is 0.0749. The van der Waals surface area contributed by atoms with Crippen molar-refractivity contribution in [3.8, 4) is 0 Å². The standard InChI is InChI=1S/C11H20FN/c1-10(2,3)13-7-4-9(12)11(8-13)5-6-11/h9H,4-8H2,1-3H3. The molecule has 2 fully saturated rings. The van der Waals surface area contributed by atoms with Crippen LogP contribution >= 0.6 is 0 Å². The van der Waals surface area contributed by atoms with E-state index in [4.69, 9.17) is 0 Å². The van der Waals surface area contributed by atoms with E-state index in [1.807, 2.05) is 0 Å². The number of nitrogens with zero attached hydrogens (tertiary/aromatic N) is 1. The second-order valence-electron chi connectivity index (χ2n) is 5.71. The van der Waals surface area contributed by atoms with Gasteiger partial charge in [0.2, 0.25) is 0 Å². The largest absolute Gasteiger partial charge is 0.298 e. The average molecular weight is 185 g/mol. The molecule has 2 aliphatic rings. The maximum Gasteiger partial charge on any atom is 0.108 e. The number of alkyl halides is 1. The maximum absolute atomic E-state index is 13.6. The molecule has 1 aliphatic heterocycles. The minimum Gasteiger partial charge on any atom is -0.298 e. The van der Waals surface area contributed by atoms with E-state index in [1.54, 1.807) is 0 Å². The lowest BCUT2D eigenvalue weighted by molar-refractivity contribution is 0.0190. The Morgan fingerprint density at radius 1 is 1.31 bits per heavy atom. The van der Waals surface area contributed by atoms with Crippen LogP contribution in [0.15, 0.2) is 0 Å². The highest BCUT2D eigenvalue weighted by atomic mass is 19.1. The van der Waals surface area contributed by atoms with Crippen molar-refractivity contribution >= 4 is 0 Å². The smallest absolute Gasteiger partial charge is 0.108 e. The second-order valence-corrected chi connectivity index (χ2v) is 5.71. The van der Waals surface area contributed by atoms with Crippen LogP contribution in [0.1, 0.15) is 40.0 Å². The van der Waals surface area contributed by atoms with E-state index in [0.717, 1.165) is 32.4 Å². The van der Waals surface area contributed by atoms with Crippen LogP contribution < -0.4 is 0 Å². The molecule has 76 valence electrons. The molecule has 0 radical (unpaired) electrons. The minimum atomic E-state index is -0.522. The van der Waals surface area contributed by atoms with Gasteiger partial charge in [0.05, 0.1) is 0 Å². The van der Waals surface area contributed by atoms with Gasteiger partial charge in [-0.15, -0.1) is 0 Å². The van der Waals surface area contributed by atoms with Crippen LogP contribution in [0.3, 0.4) is 0 Å². The van der Waals surface area contributed by atoms with Gasteiger partial charge in [-0.2, -0.15) is 0 Å². The third kappa shape index (κ3) is 1.61. The SMILES string of the molecule is CC(C)(C)N1CCC(F)C2(CC2)C1. The number of halogens is 1. The van der Waals surface area contributed by atoms with E-state index >= 15 is 0 Å². The summed E-state index contributed by atoms with van der Waals surface area (Å²) in [6.07, 6.45) is 2.45. The fourth-order valence-electron chi connectivity index (χ4n) is 2.34. The first-order valence-electron chi connectivity index (χ1n) is 5.33. The summed E-state index contributed by atoms with van der Waals surface area (Å²) in [6.45, 7) is 8.59. The Bertz CT molecular complexity index is 203. The van der Waals surface area contributed by atoms with Crippen molar-refractivity contribution < 1.29 is 4.39 Å². The maximum atomic E-state index is 13.6. The zero-order valence-electron chi connectivity index (χ0n) is 8.94. The second kappa shape index (κ2) is 2.69. The highest BCUT2D eigenvalue weighted by Gasteiger charge is 2.54. The van der Waals surface area contributed by atoms with Gasteiger partial charge in [-0.1, -0.05) is 0 Å². The van der Waals surface area contributed by atoms with Gasteiger partial charge >= 0.3 is 0 Å². The highest BCUT2D eigenvalue weighted by molar-refractivity contribution is 5.05. The van der Waals surface area contributed by atoms with E-state index in [2.05, 4.69) is 25.7 Å². The Kier molecular flexibility index (Phi) is 1.96. The zero-order chi connectivity index (χ0) is 9.69. The number of rotatable bonds is 0. The first kappa shape index (κ1) is 9.45. The van der Waals surface area contributed by atoms with Crippen LogP contribution in [0.2, 0.25) is 0 Å². The molecule has 0 bridgehead atoms. The lowest BCUT2D eigenvalue weighted by Gasteiger charge is -2.43. The highest BCUT2D eigenvalue weighted by Crippen LogP contribution is 2.54. The van der Waals surface area contributed by atoms with Crippen molar-refractivity contribution in [1.29, 1.82) is 0 Å². The lowest BCUT2D eigenvalue weighted by atomic mass is 9.89. The number of hydrogen-bond donors (Lipinski definition) is 0. The third-order valence-electron chi connectivity index (χ3n) is 3.66. The van der Waals surface area contributed by atoms with Gasteiger partial charge in [-0.05, 0) is 40.0 Å². The van der Waals surface area contributed by atoms with E-state index < -0.39 is 6.17 Å². The van der Waals surface area contributed by atoms with Gasteiger partial charge in [0.25, 0.3) is 0 Å². The van der Waals surface area contributed by atoms with Crippen molar-refractivity contribution in [2.24, 2.45) is 5.41 Å². The van der Waals surface area contributed by atoms with Gasteiger partial charge in [0.1, 0.15) is 6.17 Å². The normalized spacial score (nSPS) is 33.7. The van der Waals surface area contributed by atoms with E-state index in [-0.39, 0.29) is 11.0 Å². The molecule has 1 spiro atoms. The van der Waals surface area contributed by atoms with Crippen LogP contribution in [0.5, 0.6) is 0 Å². The fraction of sp³-hybridized carbons (Fsp3) is 1.00. The first-order valence-corrected chi connectivity index (χ1v) is 5.33. The molecular formula is C11H20FN. The van der Waals surface area contributed by atoms with Gasteiger partial charge < -0.3 is 0 Å². The van der Waals surface area contributed by atoms with Crippen LogP contribution in [0.25, 0.3) is 0 Å². The summed E-state index contributed by atoms with van der Waals surface area (Å²) in [5.74, 6) is 0. The Hall–Kier alpha value is -0.110. The molecule has 0 amide bonds. The summed E-state index contributed by atoms with van der Waals surface area (Å²) in [7, 11) is 0. The molecule has 1 unspecified atom stereocenters. The molecule has 1 saturated carbocycles. The molecule has 0 aromatic carbocycles. The van der Waals surface area contributed by atoms with Crippen molar-refractivity contribution in [3.05, 3.63) is 0 Å². The average Bonchev–Trinajstić information content (AvgIpc) is 2.75. The molecule has 2 heteroatoms. The zero-order valence-corrected chi connectivity index (χ0v) is 8.94. The summed E-state index contributed by atoms with van der Waals surface area (Å²) in [5.41, 5.74) is 0.293. The Morgan fingerprint density at radius 3 is 2.38 bits per heavy atom. The number of likely N-dealkylation sites (tertiary alicyclic amines) is 1. The summed E-state index contributed by atoms with van der Waals surface area (Å²) in [6, 6.07) is 0. The molecular weight excluding hydrogens is 165 g/mol. The van der Waals surface area contributed by atoms with Crippen molar-refractivity contribution in [1.82, 2.24) is 4.90 Å². The Morgan fingerprint density at radius 2 is 1.92 bits per heavy atom. The van der Waals surface area contributed by atoms with Crippen LogP contribution in [-0.4, -0.2) is 29.7 Å². The third-order valence-corrected chi connectivity index (χ3v) is 3.66. The molecule has 1 aliphatic carbocycles. The predicted molar refractivity (Wildman–Crippen MR) is 52.5 cm³/mol. The monoisotopic (exact) mass is 185 g/mol. The predicted octanol–water partition coefficient (Wildman–Crippen LogP) is 2.61. The molecule has 1 heterocycles. The molecule has 1 atom stereocenters. The van der Waals surface area contributed by atoms with Crippen LogP contribution in [0.4, 0.5) is 4.39 Å². The molecule has 2 rings (SSSR count). The number of piperidine rings is 1. The molecule has 0 aromatic heterocycles. The van der Waals surface area contributed by atoms with Gasteiger partial charge in [-0.3, -0.25) is 4.90 Å². The lowest BCUT2D eigenvalue weighted by Crippen LogP contribution is -2.51. The summed E-state index contributed by atoms with van der Waals surface area (Å²) < 4.78 is 13.6. The first-order chi connectivity index (χ1) is 5.94. The van der Waals surface area contributed by atoms with Crippen LogP contribution in [0, 0.1) is 5.41 Å².